The molecule has 0 radical (unpaired) electrons. The molecule has 0 fully saturated rings. The van der Waals surface area contributed by atoms with E-state index in [0.717, 1.165) is 6.08 Å². The van der Waals surface area contributed by atoms with Gasteiger partial charge in [-0.15, -0.1) is 0 Å². The van der Waals surface area contributed by atoms with Crippen molar-refractivity contribution in [1.82, 2.24) is 15.4 Å². The normalized spacial score (nSPS) is 11.6. The van der Waals surface area contributed by atoms with E-state index in [2.05, 4.69) is 14.7 Å². The van der Waals surface area contributed by atoms with E-state index in [1.165, 1.54) is 43.3 Å². The number of rotatable bonds is 7. The highest BCUT2D eigenvalue weighted by Gasteiger charge is 2.16. The molecule has 1 amide bonds. The lowest BCUT2D eigenvalue weighted by Crippen LogP contribution is -2.16. The molecule has 0 unspecified atom stereocenters. The smallest absolute Gasteiger partial charge is 0.268 e. The number of amides is 1. The van der Waals surface area contributed by atoms with Gasteiger partial charge in [0.05, 0.1) is 23.9 Å². The number of nitrogens with zero attached hydrogens (tertiary/aromatic N) is 2. The van der Waals surface area contributed by atoms with E-state index >= 15 is 0 Å². The third-order valence-corrected chi connectivity index (χ3v) is 5.42. The van der Waals surface area contributed by atoms with Crippen molar-refractivity contribution in [2.75, 3.05) is 11.8 Å². The van der Waals surface area contributed by atoms with Crippen molar-refractivity contribution in [3.8, 4) is 5.75 Å². The fourth-order valence-corrected chi connectivity index (χ4v) is 3.68. The molecule has 3 N–H and O–H groups in total. The zero-order valence-electron chi connectivity index (χ0n) is 15.8. The Morgan fingerprint density at radius 1 is 1.13 bits per heavy atom. The van der Waals surface area contributed by atoms with Gasteiger partial charge in [-0.3, -0.25) is 24.7 Å². The van der Waals surface area contributed by atoms with Gasteiger partial charge in [-0.05, 0) is 42.0 Å². The molecule has 0 saturated carbocycles. The number of ether oxygens (including phenoxy) is 1. The molecule has 0 aliphatic carbocycles. The van der Waals surface area contributed by atoms with Gasteiger partial charge in [0.1, 0.15) is 5.75 Å². The maximum absolute atomic E-state index is 12.7. The van der Waals surface area contributed by atoms with E-state index < -0.39 is 15.9 Å². The predicted octanol–water partition coefficient (Wildman–Crippen LogP) is 2.22. The minimum absolute atomic E-state index is 0.0676. The number of aromatic nitrogens is 2. The average Bonchev–Trinajstić information content (AvgIpc) is 2.77. The first kappa shape index (κ1) is 21.0. The summed E-state index contributed by atoms with van der Waals surface area (Å²) in [7, 11) is -2.35. The van der Waals surface area contributed by atoms with Crippen LogP contribution in [0, 0.1) is 0 Å². The molecular formula is C20H18N4O5S. The first-order valence-corrected chi connectivity index (χ1v) is 10.1. The van der Waals surface area contributed by atoms with Crippen LogP contribution in [0.5, 0.6) is 5.75 Å². The highest BCUT2D eigenvalue weighted by atomic mass is 32.2. The molecule has 154 valence electrons. The van der Waals surface area contributed by atoms with Crippen molar-refractivity contribution in [3.05, 3.63) is 84.5 Å². The van der Waals surface area contributed by atoms with Crippen LogP contribution in [0.15, 0.2) is 78.1 Å². The predicted molar refractivity (Wildman–Crippen MR) is 109 cm³/mol. The summed E-state index contributed by atoms with van der Waals surface area (Å²) in [5.41, 5.74) is 3.03. The summed E-state index contributed by atoms with van der Waals surface area (Å²) < 4.78 is 32.9. The van der Waals surface area contributed by atoms with Gasteiger partial charge in [-0.25, -0.2) is 13.9 Å². The lowest BCUT2D eigenvalue weighted by Gasteiger charge is -2.12. The van der Waals surface area contributed by atoms with Gasteiger partial charge in [0.15, 0.2) is 0 Å². The molecule has 0 atom stereocenters. The van der Waals surface area contributed by atoms with Crippen molar-refractivity contribution >= 4 is 27.2 Å². The number of hydroxylamine groups is 1. The average molecular weight is 426 g/mol. The molecule has 2 aromatic carbocycles. The molecule has 30 heavy (non-hydrogen) atoms. The van der Waals surface area contributed by atoms with Gasteiger partial charge in [0.25, 0.3) is 15.9 Å². The van der Waals surface area contributed by atoms with Crippen LogP contribution in [0.1, 0.15) is 11.3 Å². The molecule has 3 rings (SSSR count). The van der Waals surface area contributed by atoms with Gasteiger partial charge >= 0.3 is 0 Å². The Balaban J connectivity index is 1.95. The Labute approximate surface area is 173 Å². The van der Waals surface area contributed by atoms with E-state index in [1.807, 2.05) is 0 Å². The lowest BCUT2D eigenvalue weighted by atomic mass is 10.0. The molecule has 0 bridgehead atoms. The number of hydrogen-bond donors (Lipinski definition) is 3. The summed E-state index contributed by atoms with van der Waals surface area (Å²) in [6.07, 6.45) is 5.52. The molecule has 0 aliphatic rings. The van der Waals surface area contributed by atoms with Crippen LogP contribution in [0.2, 0.25) is 0 Å². The van der Waals surface area contributed by atoms with E-state index in [1.54, 1.807) is 36.4 Å². The molecule has 1 aromatic heterocycles. The molecular weight excluding hydrogens is 408 g/mol. The van der Waals surface area contributed by atoms with Crippen LogP contribution in [-0.4, -0.2) is 36.6 Å². The van der Waals surface area contributed by atoms with Crippen LogP contribution in [0.3, 0.4) is 0 Å². The number of anilines is 1. The molecule has 3 aromatic rings. The van der Waals surface area contributed by atoms with E-state index in [9.17, 15) is 13.2 Å². The van der Waals surface area contributed by atoms with Crippen LogP contribution < -0.4 is 14.9 Å². The number of methoxy groups -OCH3 is 1. The number of carbonyl (C=O) groups is 1. The largest absolute Gasteiger partial charge is 0.497 e. The highest BCUT2D eigenvalue weighted by molar-refractivity contribution is 7.92. The van der Waals surface area contributed by atoms with Gasteiger partial charge in [0.2, 0.25) is 0 Å². The van der Waals surface area contributed by atoms with Crippen LogP contribution in [-0.2, 0) is 14.8 Å². The maximum Gasteiger partial charge on any atom is 0.268 e. The second-order valence-corrected chi connectivity index (χ2v) is 7.67. The summed E-state index contributed by atoms with van der Waals surface area (Å²) in [5, 5.41) is 8.87. The van der Waals surface area contributed by atoms with Crippen LogP contribution >= 0.6 is 0 Å². The highest BCUT2D eigenvalue weighted by Crippen LogP contribution is 2.25. The number of benzene rings is 2. The van der Waals surface area contributed by atoms with Crippen molar-refractivity contribution < 1.29 is 23.2 Å². The van der Waals surface area contributed by atoms with Crippen molar-refractivity contribution in [2.24, 2.45) is 0 Å². The Bertz CT molecular complexity index is 1160. The maximum atomic E-state index is 12.7. The number of carbonyl (C=O) groups excluding carboxylic acids is 1. The molecule has 9 nitrogen and oxygen atoms in total. The Morgan fingerprint density at radius 3 is 2.53 bits per heavy atom. The van der Waals surface area contributed by atoms with Gasteiger partial charge in [-0.2, -0.15) is 0 Å². The standard InChI is InChI=1S/C20H18N4O5S/c1-29-16-5-7-17(8-6-16)30(27,28)24-15-4-2-3-14(11-15)18(12-20(25)23-26)19-13-21-9-10-22-19/h2-13,24,26H,1H3,(H,23,25). The zero-order chi connectivity index (χ0) is 21.6. The molecule has 1 heterocycles. The zero-order valence-corrected chi connectivity index (χ0v) is 16.6. The lowest BCUT2D eigenvalue weighted by molar-refractivity contribution is -0.124. The fraction of sp³-hybridized carbons (Fsp3) is 0.0500. The van der Waals surface area contributed by atoms with E-state index in [0.29, 0.717) is 22.6 Å². The summed E-state index contributed by atoms with van der Waals surface area (Å²) in [6.45, 7) is 0. The molecule has 10 heteroatoms. The van der Waals surface area contributed by atoms with E-state index in [-0.39, 0.29) is 10.6 Å². The molecule has 0 spiro atoms. The summed E-state index contributed by atoms with van der Waals surface area (Å²) in [4.78, 5) is 19.9. The third kappa shape index (κ3) is 4.99. The number of hydrogen-bond acceptors (Lipinski definition) is 7. The molecule has 0 aliphatic heterocycles. The Kier molecular flexibility index (Phi) is 6.40. The van der Waals surface area contributed by atoms with Crippen LogP contribution in [0.4, 0.5) is 5.69 Å². The third-order valence-electron chi connectivity index (χ3n) is 4.02. The minimum atomic E-state index is -3.85. The Hall–Kier alpha value is -3.76. The first-order valence-electron chi connectivity index (χ1n) is 8.62. The van der Waals surface area contributed by atoms with Crippen LogP contribution in [0.25, 0.3) is 5.57 Å². The quantitative estimate of drug-likeness (QED) is 0.300. The van der Waals surface area contributed by atoms with Crippen molar-refractivity contribution in [3.63, 3.8) is 0 Å². The van der Waals surface area contributed by atoms with Crippen molar-refractivity contribution in [2.45, 2.75) is 4.90 Å². The SMILES string of the molecule is COc1ccc(S(=O)(=O)Nc2cccc(C(=CC(=O)NO)c3cnccn3)c2)cc1. The number of sulfonamides is 1. The summed E-state index contributed by atoms with van der Waals surface area (Å²) >= 11 is 0. The minimum Gasteiger partial charge on any atom is -0.497 e. The fourth-order valence-electron chi connectivity index (χ4n) is 2.63. The second kappa shape index (κ2) is 9.16. The summed E-state index contributed by atoms with van der Waals surface area (Å²) in [6, 6.07) is 12.4. The Morgan fingerprint density at radius 2 is 1.90 bits per heavy atom. The topological polar surface area (TPSA) is 131 Å². The summed E-state index contributed by atoms with van der Waals surface area (Å²) in [5.74, 6) is -0.225. The first-order chi connectivity index (χ1) is 14.4. The van der Waals surface area contributed by atoms with Gasteiger partial charge < -0.3 is 4.74 Å². The van der Waals surface area contributed by atoms with Gasteiger partial charge in [-0.1, -0.05) is 12.1 Å². The van der Waals surface area contributed by atoms with E-state index in [4.69, 9.17) is 9.94 Å². The van der Waals surface area contributed by atoms with Gasteiger partial charge in [0, 0.05) is 29.7 Å². The monoisotopic (exact) mass is 426 g/mol. The second-order valence-electron chi connectivity index (χ2n) is 5.99. The molecule has 0 saturated heterocycles. The number of nitrogens with one attached hydrogen (secondary N) is 2. The van der Waals surface area contributed by atoms with Crippen molar-refractivity contribution in [1.29, 1.82) is 0 Å².